The number of rotatable bonds is 6. The predicted octanol–water partition coefficient (Wildman–Crippen LogP) is 3.90. The zero-order valence-electron chi connectivity index (χ0n) is 17.5. The normalized spacial score (nSPS) is 17.9. The summed E-state index contributed by atoms with van der Waals surface area (Å²) in [7, 11) is 0. The van der Waals surface area contributed by atoms with Gasteiger partial charge in [0.05, 0.1) is 0 Å². The standard InChI is InChI=1S/C24H34N2O2/c1-24(2,3)26-15-7-14-25(16-17-26)18-22(27)19-28-23-12-10-21(11-13-23)20-8-5-4-6-9-20/h4-6,8-13,22,27H,7,14-19H2,1-3H3. The van der Waals surface area contributed by atoms with Crippen LogP contribution in [-0.4, -0.2) is 65.9 Å². The smallest absolute Gasteiger partial charge is 0.119 e. The third-order valence-corrected chi connectivity index (χ3v) is 5.41. The highest BCUT2D eigenvalue weighted by molar-refractivity contribution is 5.63. The van der Waals surface area contributed by atoms with Crippen LogP contribution < -0.4 is 4.74 Å². The van der Waals surface area contributed by atoms with Crippen LogP contribution in [0.15, 0.2) is 54.6 Å². The first-order valence-electron chi connectivity index (χ1n) is 10.4. The minimum atomic E-state index is -0.477. The molecule has 4 nitrogen and oxygen atoms in total. The lowest BCUT2D eigenvalue weighted by atomic mass is 10.1. The van der Waals surface area contributed by atoms with Crippen molar-refractivity contribution in [3.63, 3.8) is 0 Å². The number of benzene rings is 2. The van der Waals surface area contributed by atoms with Crippen LogP contribution in [0.25, 0.3) is 11.1 Å². The van der Waals surface area contributed by atoms with E-state index in [0.717, 1.165) is 38.3 Å². The van der Waals surface area contributed by atoms with Gasteiger partial charge in [-0.15, -0.1) is 0 Å². The number of hydrogen-bond acceptors (Lipinski definition) is 4. The van der Waals surface area contributed by atoms with Crippen molar-refractivity contribution in [2.24, 2.45) is 0 Å². The van der Waals surface area contributed by atoms with Crippen LogP contribution in [0.3, 0.4) is 0 Å². The number of nitrogens with zero attached hydrogens (tertiary/aromatic N) is 2. The first kappa shape index (κ1) is 20.8. The van der Waals surface area contributed by atoms with Crippen molar-refractivity contribution in [1.82, 2.24) is 9.80 Å². The van der Waals surface area contributed by atoms with Gasteiger partial charge in [0.25, 0.3) is 0 Å². The molecular formula is C24H34N2O2. The lowest BCUT2D eigenvalue weighted by molar-refractivity contribution is 0.0674. The molecule has 2 aromatic carbocycles. The van der Waals surface area contributed by atoms with Gasteiger partial charge < -0.3 is 9.84 Å². The molecule has 0 bridgehead atoms. The van der Waals surface area contributed by atoms with Crippen LogP contribution in [0, 0.1) is 0 Å². The van der Waals surface area contributed by atoms with E-state index in [0.29, 0.717) is 13.2 Å². The van der Waals surface area contributed by atoms with E-state index in [4.69, 9.17) is 4.74 Å². The van der Waals surface area contributed by atoms with Crippen molar-refractivity contribution in [3.8, 4) is 16.9 Å². The summed E-state index contributed by atoms with van der Waals surface area (Å²) in [5.74, 6) is 0.800. The minimum absolute atomic E-state index is 0.212. The maximum Gasteiger partial charge on any atom is 0.119 e. The molecule has 1 saturated heterocycles. The number of aliphatic hydroxyl groups excluding tert-OH is 1. The number of β-amino-alcohol motifs (C(OH)–C–C–N with tert-alkyl or cyclic N) is 1. The van der Waals surface area contributed by atoms with Gasteiger partial charge in [0.1, 0.15) is 18.5 Å². The molecule has 0 amide bonds. The minimum Gasteiger partial charge on any atom is -0.491 e. The van der Waals surface area contributed by atoms with E-state index in [-0.39, 0.29) is 5.54 Å². The molecule has 152 valence electrons. The first-order valence-corrected chi connectivity index (χ1v) is 10.4. The molecular weight excluding hydrogens is 348 g/mol. The second-order valence-electron chi connectivity index (χ2n) is 8.67. The second kappa shape index (κ2) is 9.55. The van der Waals surface area contributed by atoms with E-state index < -0.39 is 6.10 Å². The Balaban J connectivity index is 1.45. The molecule has 1 N–H and O–H groups in total. The molecule has 3 rings (SSSR count). The summed E-state index contributed by atoms with van der Waals surface area (Å²) in [6.07, 6.45) is 0.668. The fraction of sp³-hybridized carbons (Fsp3) is 0.500. The maximum atomic E-state index is 10.4. The number of hydrogen-bond donors (Lipinski definition) is 1. The first-order chi connectivity index (χ1) is 13.4. The molecule has 0 aliphatic carbocycles. The Morgan fingerprint density at radius 3 is 2.25 bits per heavy atom. The van der Waals surface area contributed by atoms with Gasteiger partial charge in [-0.25, -0.2) is 0 Å². The molecule has 1 atom stereocenters. The quantitative estimate of drug-likeness (QED) is 0.822. The predicted molar refractivity (Wildman–Crippen MR) is 116 cm³/mol. The zero-order chi connectivity index (χ0) is 20.0. The summed E-state index contributed by atoms with van der Waals surface area (Å²) >= 11 is 0. The van der Waals surface area contributed by atoms with Crippen molar-refractivity contribution in [1.29, 1.82) is 0 Å². The molecule has 1 heterocycles. The maximum absolute atomic E-state index is 10.4. The van der Waals surface area contributed by atoms with E-state index in [1.807, 2.05) is 30.3 Å². The van der Waals surface area contributed by atoms with Gasteiger partial charge in [0.2, 0.25) is 0 Å². The third kappa shape index (κ3) is 6.06. The summed E-state index contributed by atoms with van der Waals surface area (Å²) in [5, 5.41) is 10.4. The highest BCUT2D eigenvalue weighted by atomic mass is 16.5. The van der Waals surface area contributed by atoms with E-state index in [1.165, 1.54) is 11.1 Å². The Labute approximate surface area is 169 Å². The highest BCUT2D eigenvalue weighted by Crippen LogP contribution is 2.22. The molecule has 0 radical (unpaired) electrons. The molecule has 0 saturated carbocycles. The Hall–Kier alpha value is -1.88. The topological polar surface area (TPSA) is 35.9 Å². The average molecular weight is 383 g/mol. The molecule has 1 fully saturated rings. The highest BCUT2D eigenvalue weighted by Gasteiger charge is 2.24. The van der Waals surface area contributed by atoms with Crippen LogP contribution in [-0.2, 0) is 0 Å². The molecule has 2 aromatic rings. The van der Waals surface area contributed by atoms with Gasteiger partial charge in [0, 0.05) is 25.2 Å². The number of aliphatic hydroxyl groups is 1. The van der Waals surface area contributed by atoms with Gasteiger partial charge in [0.15, 0.2) is 0 Å². The Morgan fingerprint density at radius 2 is 1.57 bits per heavy atom. The van der Waals surface area contributed by atoms with Crippen LogP contribution in [0.5, 0.6) is 5.75 Å². The summed E-state index contributed by atoms with van der Waals surface area (Å²) in [6, 6.07) is 18.4. The lowest BCUT2D eigenvalue weighted by Gasteiger charge is -2.34. The van der Waals surface area contributed by atoms with E-state index in [2.05, 4.69) is 54.8 Å². The monoisotopic (exact) mass is 382 g/mol. The fourth-order valence-electron chi connectivity index (χ4n) is 3.74. The van der Waals surface area contributed by atoms with Gasteiger partial charge in [-0.2, -0.15) is 0 Å². The average Bonchev–Trinajstić information content (AvgIpc) is 2.93. The van der Waals surface area contributed by atoms with Gasteiger partial charge in [-0.05, 0) is 63.5 Å². The van der Waals surface area contributed by atoms with Crippen molar-refractivity contribution >= 4 is 0 Å². The van der Waals surface area contributed by atoms with Crippen molar-refractivity contribution < 1.29 is 9.84 Å². The van der Waals surface area contributed by atoms with Gasteiger partial charge in [-0.3, -0.25) is 9.80 Å². The molecule has 4 heteroatoms. The fourth-order valence-corrected chi connectivity index (χ4v) is 3.74. The van der Waals surface area contributed by atoms with Crippen LogP contribution in [0.4, 0.5) is 0 Å². The molecule has 1 aliphatic rings. The molecule has 0 spiro atoms. The second-order valence-corrected chi connectivity index (χ2v) is 8.67. The van der Waals surface area contributed by atoms with Crippen molar-refractivity contribution in [2.75, 3.05) is 39.3 Å². The summed E-state index contributed by atoms with van der Waals surface area (Å²) < 4.78 is 5.82. The summed E-state index contributed by atoms with van der Waals surface area (Å²) in [6.45, 7) is 12.0. The Morgan fingerprint density at radius 1 is 0.893 bits per heavy atom. The third-order valence-electron chi connectivity index (χ3n) is 5.41. The lowest BCUT2D eigenvalue weighted by Crippen LogP contribution is -2.44. The summed E-state index contributed by atoms with van der Waals surface area (Å²) in [4.78, 5) is 4.89. The van der Waals surface area contributed by atoms with Crippen molar-refractivity contribution in [3.05, 3.63) is 54.6 Å². The SMILES string of the molecule is CC(C)(C)N1CCCN(CC(O)COc2ccc(-c3ccccc3)cc2)CC1. The van der Waals surface area contributed by atoms with E-state index in [1.54, 1.807) is 0 Å². The number of ether oxygens (including phenoxy) is 1. The van der Waals surface area contributed by atoms with Crippen molar-refractivity contribution in [2.45, 2.75) is 38.8 Å². The zero-order valence-corrected chi connectivity index (χ0v) is 17.5. The largest absolute Gasteiger partial charge is 0.491 e. The van der Waals surface area contributed by atoms with Crippen LogP contribution in [0.1, 0.15) is 27.2 Å². The molecule has 28 heavy (non-hydrogen) atoms. The van der Waals surface area contributed by atoms with Crippen LogP contribution >= 0.6 is 0 Å². The van der Waals surface area contributed by atoms with Crippen LogP contribution in [0.2, 0.25) is 0 Å². The molecule has 0 aromatic heterocycles. The van der Waals surface area contributed by atoms with Gasteiger partial charge >= 0.3 is 0 Å². The van der Waals surface area contributed by atoms with E-state index >= 15 is 0 Å². The van der Waals surface area contributed by atoms with Gasteiger partial charge in [-0.1, -0.05) is 42.5 Å². The molecule has 1 aliphatic heterocycles. The molecule has 1 unspecified atom stereocenters. The Kier molecular flexibility index (Phi) is 7.11. The Bertz CT molecular complexity index is 710. The summed E-state index contributed by atoms with van der Waals surface area (Å²) in [5.41, 5.74) is 2.57. The van der Waals surface area contributed by atoms with E-state index in [9.17, 15) is 5.11 Å².